The minimum atomic E-state index is -0.0102. The highest BCUT2D eigenvalue weighted by Gasteiger charge is 2.17. The highest BCUT2D eigenvalue weighted by atomic mass is 32.1. The van der Waals surface area contributed by atoms with Crippen LogP contribution in [0.1, 0.15) is 25.0 Å². The first kappa shape index (κ1) is 16.1. The second-order valence-corrected chi connectivity index (χ2v) is 6.63. The molecule has 0 aromatic carbocycles. The topological polar surface area (TPSA) is 52.2 Å². The molecular formula is C17H22N4OS. The van der Waals surface area contributed by atoms with Gasteiger partial charge in [-0.2, -0.15) is 0 Å². The standard InChI is InChI=1S/C17H22N4OS/c1-3-14-9-15-16(19-17(14)22)8-13(10-18-15)11-20-4-6-21(7-5-20)12(2)23/h8-10H,3-7,11H2,1-2H3,(H,19,22). The second-order valence-electron chi connectivity index (χ2n) is 6.04. The Morgan fingerprint density at radius 1 is 1.30 bits per heavy atom. The van der Waals surface area contributed by atoms with Crippen molar-refractivity contribution in [1.82, 2.24) is 19.8 Å². The van der Waals surface area contributed by atoms with Gasteiger partial charge in [0.05, 0.1) is 16.0 Å². The molecule has 2 aromatic heterocycles. The smallest absolute Gasteiger partial charge is 0.251 e. The number of H-pyrrole nitrogens is 1. The fraction of sp³-hybridized carbons (Fsp3) is 0.471. The predicted molar refractivity (Wildman–Crippen MR) is 96.9 cm³/mol. The van der Waals surface area contributed by atoms with Gasteiger partial charge in [-0.25, -0.2) is 0 Å². The van der Waals surface area contributed by atoms with Crippen molar-refractivity contribution in [2.75, 3.05) is 26.2 Å². The average Bonchev–Trinajstić information content (AvgIpc) is 2.54. The highest BCUT2D eigenvalue weighted by Crippen LogP contribution is 2.14. The summed E-state index contributed by atoms with van der Waals surface area (Å²) < 4.78 is 0. The summed E-state index contributed by atoms with van der Waals surface area (Å²) in [4.78, 5) is 25.0. The van der Waals surface area contributed by atoms with Gasteiger partial charge in [0, 0.05) is 44.5 Å². The first-order valence-corrected chi connectivity index (χ1v) is 8.46. The quantitative estimate of drug-likeness (QED) is 0.872. The van der Waals surface area contributed by atoms with Crippen LogP contribution in [0, 0.1) is 0 Å². The number of nitrogens with one attached hydrogen (secondary N) is 1. The van der Waals surface area contributed by atoms with Crippen molar-refractivity contribution < 1.29 is 0 Å². The molecule has 1 saturated heterocycles. The third-order valence-electron chi connectivity index (χ3n) is 4.43. The summed E-state index contributed by atoms with van der Waals surface area (Å²) in [5.41, 5.74) is 3.57. The largest absolute Gasteiger partial charge is 0.364 e. The van der Waals surface area contributed by atoms with Gasteiger partial charge in [-0.15, -0.1) is 0 Å². The lowest BCUT2D eigenvalue weighted by Crippen LogP contribution is -2.47. The molecule has 0 bridgehead atoms. The Hall–Kier alpha value is -1.79. The van der Waals surface area contributed by atoms with Crippen molar-refractivity contribution in [3.8, 4) is 0 Å². The van der Waals surface area contributed by atoms with Crippen molar-refractivity contribution in [1.29, 1.82) is 0 Å². The fourth-order valence-electron chi connectivity index (χ4n) is 3.00. The number of aromatic nitrogens is 2. The zero-order valence-corrected chi connectivity index (χ0v) is 14.4. The van der Waals surface area contributed by atoms with Crippen molar-refractivity contribution in [3.63, 3.8) is 0 Å². The molecule has 0 saturated carbocycles. The number of piperazine rings is 1. The number of aryl methyl sites for hydroxylation is 1. The van der Waals surface area contributed by atoms with Crippen LogP contribution in [-0.4, -0.2) is 50.9 Å². The number of rotatable bonds is 3. The number of pyridine rings is 2. The molecule has 0 radical (unpaired) electrons. The van der Waals surface area contributed by atoms with Crippen molar-refractivity contribution in [2.45, 2.75) is 26.8 Å². The SMILES string of the molecule is CCc1cc2ncc(CN3CCN(C(C)=S)CC3)cc2[nH]c1=O. The molecule has 0 unspecified atom stereocenters. The van der Waals surface area contributed by atoms with E-state index >= 15 is 0 Å². The third kappa shape index (κ3) is 3.59. The molecule has 2 aromatic rings. The summed E-state index contributed by atoms with van der Waals surface area (Å²) in [6, 6.07) is 3.93. The molecule has 23 heavy (non-hydrogen) atoms. The summed E-state index contributed by atoms with van der Waals surface area (Å²) in [7, 11) is 0. The maximum atomic E-state index is 12.0. The normalized spacial score (nSPS) is 16.0. The zero-order chi connectivity index (χ0) is 16.4. The summed E-state index contributed by atoms with van der Waals surface area (Å²) in [6.07, 6.45) is 2.63. The van der Waals surface area contributed by atoms with Crippen LogP contribution in [0.4, 0.5) is 0 Å². The Balaban J connectivity index is 1.74. The lowest BCUT2D eigenvalue weighted by molar-refractivity contribution is 0.176. The van der Waals surface area contributed by atoms with Gasteiger partial charge < -0.3 is 9.88 Å². The Morgan fingerprint density at radius 3 is 2.70 bits per heavy atom. The second kappa shape index (κ2) is 6.76. The van der Waals surface area contributed by atoms with Crippen molar-refractivity contribution >= 4 is 28.2 Å². The molecule has 1 aliphatic heterocycles. The lowest BCUT2D eigenvalue weighted by Gasteiger charge is -2.35. The third-order valence-corrected chi connectivity index (χ3v) is 4.69. The molecule has 1 N–H and O–H groups in total. The average molecular weight is 330 g/mol. The molecule has 0 atom stereocenters. The van der Waals surface area contributed by atoms with Gasteiger partial charge in [0.15, 0.2) is 0 Å². The van der Waals surface area contributed by atoms with Crippen LogP contribution in [-0.2, 0) is 13.0 Å². The first-order valence-electron chi connectivity index (χ1n) is 8.05. The number of aromatic amines is 1. The van der Waals surface area contributed by atoms with Gasteiger partial charge >= 0.3 is 0 Å². The van der Waals surface area contributed by atoms with E-state index < -0.39 is 0 Å². The summed E-state index contributed by atoms with van der Waals surface area (Å²) in [6.45, 7) is 8.77. The van der Waals surface area contributed by atoms with Crippen LogP contribution in [0.15, 0.2) is 23.1 Å². The summed E-state index contributed by atoms with van der Waals surface area (Å²) in [5, 5.41) is 0. The van der Waals surface area contributed by atoms with E-state index in [1.807, 2.05) is 32.2 Å². The molecule has 0 amide bonds. The van der Waals surface area contributed by atoms with E-state index in [9.17, 15) is 4.79 Å². The van der Waals surface area contributed by atoms with Gasteiger partial charge in [0.25, 0.3) is 5.56 Å². The molecule has 3 heterocycles. The van der Waals surface area contributed by atoms with E-state index in [0.717, 1.165) is 66.3 Å². The van der Waals surface area contributed by atoms with E-state index in [-0.39, 0.29) is 5.56 Å². The van der Waals surface area contributed by atoms with Crippen molar-refractivity contribution in [3.05, 3.63) is 39.8 Å². The molecule has 3 rings (SSSR count). The Bertz CT molecular complexity index is 778. The van der Waals surface area contributed by atoms with Crippen LogP contribution >= 0.6 is 12.2 Å². The number of nitrogens with zero attached hydrogens (tertiary/aromatic N) is 3. The maximum absolute atomic E-state index is 12.0. The predicted octanol–water partition coefficient (Wildman–Crippen LogP) is 1.95. The van der Waals surface area contributed by atoms with Crippen LogP contribution < -0.4 is 5.56 Å². The van der Waals surface area contributed by atoms with Gasteiger partial charge in [-0.1, -0.05) is 19.1 Å². The maximum Gasteiger partial charge on any atom is 0.251 e. The van der Waals surface area contributed by atoms with E-state index in [1.54, 1.807) is 0 Å². The molecule has 0 aliphatic carbocycles. The molecule has 122 valence electrons. The van der Waals surface area contributed by atoms with E-state index in [1.165, 1.54) is 0 Å². The minimum Gasteiger partial charge on any atom is -0.364 e. The van der Waals surface area contributed by atoms with Gasteiger partial charge in [0.1, 0.15) is 0 Å². The van der Waals surface area contributed by atoms with Crippen LogP contribution in [0.3, 0.4) is 0 Å². The lowest BCUT2D eigenvalue weighted by atomic mass is 10.1. The molecule has 1 fully saturated rings. The Kier molecular flexibility index (Phi) is 4.73. The summed E-state index contributed by atoms with van der Waals surface area (Å²) in [5.74, 6) is 0. The number of fused-ring (bicyclic) bond motifs is 1. The van der Waals surface area contributed by atoms with Crippen LogP contribution in [0.2, 0.25) is 0 Å². The fourth-order valence-corrected chi connectivity index (χ4v) is 3.18. The highest BCUT2D eigenvalue weighted by molar-refractivity contribution is 7.80. The van der Waals surface area contributed by atoms with Gasteiger partial charge in [-0.3, -0.25) is 14.7 Å². The van der Waals surface area contributed by atoms with Crippen molar-refractivity contribution in [2.24, 2.45) is 0 Å². The monoisotopic (exact) mass is 330 g/mol. The van der Waals surface area contributed by atoms with E-state index in [0.29, 0.717) is 0 Å². The zero-order valence-electron chi connectivity index (χ0n) is 13.6. The Labute approximate surface area is 141 Å². The minimum absolute atomic E-state index is 0.0102. The van der Waals surface area contributed by atoms with Gasteiger partial charge in [0.2, 0.25) is 0 Å². The molecule has 0 spiro atoms. The number of hydrogen-bond acceptors (Lipinski definition) is 4. The number of thiocarbonyl (C=S) groups is 1. The first-order chi connectivity index (χ1) is 11.1. The van der Waals surface area contributed by atoms with Crippen LogP contribution in [0.25, 0.3) is 11.0 Å². The molecule has 1 aliphatic rings. The van der Waals surface area contributed by atoms with Crippen LogP contribution in [0.5, 0.6) is 0 Å². The molecule has 6 heteroatoms. The van der Waals surface area contributed by atoms with E-state index in [4.69, 9.17) is 12.2 Å². The number of hydrogen-bond donors (Lipinski definition) is 1. The Morgan fingerprint density at radius 2 is 2.04 bits per heavy atom. The van der Waals surface area contributed by atoms with Gasteiger partial charge in [-0.05, 0) is 31.0 Å². The summed E-state index contributed by atoms with van der Waals surface area (Å²) >= 11 is 5.23. The van der Waals surface area contributed by atoms with E-state index in [2.05, 4.69) is 19.8 Å². The molecular weight excluding hydrogens is 308 g/mol. The molecule has 5 nitrogen and oxygen atoms in total.